The molecule has 5 nitrogen and oxygen atoms in total. The number of nitrogens with one attached hydrogen (secondary N) is 1. The number of piperidine rings is 1. The van der Waals surface area contributed by atoms with Gasteiger partial charge < -0.3 is 20.1 Å². The number of ether oxygens (including phenoxy) is 1. The molecule has 0 radical (unpaired) electrons. The van der Waals surface area contributed by atoms with Crippen LogP contribution in [0.3, 0.4) is 0 Å². The summed E-state index contributed by atoms with van der Waals surface area (Å²) >= 11 is 1.67. The topological polar surface area (TPSA) is 57.6 Å². The smallest absolute Gasteiger partial charge is 0.187 e. The first-order valence-corrected chi connectivity index (χ1v) is 11.6. The summed E-state index contributed by atoms with van der Waals surface area (Å²) in [5, 5.41) is 14.6. The van der Waals surface area contributed by atoms with Crippen molar-refractivity contribution < 1.29 is 9.84 Å². The highest BCUT2D eigenvalue weighted by molar-refractivity contribution is 7.15. The Balaban J connectivity index is 1.46. The number of fused-ring (bicyclic) bond motifs is 1. The average Bonchev–Trinajstić information content (AvgIpc) is 3.10. The van der Waals surface area contributed by atoms with E-state index in [1.54, 1.807) is 11.3 Å². The molecule has 150 valence electrons. The van der Waals surface area contributed by atoms with Gasteiger partial charge in [0.2, 0.25) is 0 Å². The van der Waals surface area contributed by atoms with Crippen LogP contribution in [0, 0.1) is 0 Å². The molecule has 0 amide bonds. The first-order valence-electron chi connectivity index (χ1n) is 10.8. The molecule has 2 fully saturated rings. The average molecular weight is 400 g/mol. The number of anilines is 3. The summed E-state index contributed by atoms with van der Waals surface area (Å²) < 4.78 is 6.48. The molecule has 1 atom stereocenters. The van der Waals surface area contributed by atoms with E-state index in [4.69, 9.17) is 9.72 Å². The van der Waals surface area contributed by atoms with Crippen LogP contribution in [0.15, 0.2) is 18.2 Å². The number of benzene rings is 1. The van der Waals surface area contributed by atoms with Crippen molar-refractivity contribution in [1.82, 2.24) is 4.98 Å². The van der Waals surface area contributed by atoms with E-state index in [-0.39, 0.29) is 0 Å². The lowest BCUT2D eigenvalue weighted by molar-refractivity contribution is 0.121. The van der Waals surface area contributed by atoms with Crippen molar-refractivity contribution in [2.75, 3.05) is 23.3 Å². The van der Waals surface area contributed by atoms with Crippen molar-refractivity contribution in [3.63, 3.8) is 0 Å². The molecule has 6 heteroatoms. The van der Waals surface area contributed by atoms with Crippen molar-refractivity contribution in [1.29, 1.82) is 0 Å². The molecule has 0 bridgehead atoms. The molecule has 1 aliphatic heterocycles. The van der Waals surface area contributed by atoms with E-state index in [2.05, 4.69) is 28.4 Å². The minimum atomic E-state index is -0.416. The van der Waals surface area contributed by atoms with Gasteiger partial charge in [-0.25, -0.2) is 4.98 Å². The van der Waals surface area contributed by atoms with Crippen LogP contribution < -0.4 is 15.0 Å². The first-order chi connectivity index (χ1) is 13.8. The molecule has 2 N–H and O–H groups in total. The van der Waals surface area contributed by atoms with Crippen LogP contribution in [0.1, 0.15) is 68.0 Å². The fraction of sp³-hybridized carbons (Fsp3) is 0.591. The van der Waals surface area contributed by atoms with Crippen molar-refractivity contribution in [2.24, 2.45) is 0 Å². The van der Waals surface area contributed by atoms with Gasteiger partial charge >= 0.3 is 0 Å². The van der Waals surface area contributed by atoms with E-state index in [1.807, 2.05) is 0 Å². The highest BCUT2D eigenvalue weighted by Crippen LogP contribution is 2.43. The van der Waals surface area contributed by atoms with Gasteiger partial charge in [0.25, 0.3) is 0 Å². The molecular formula is C22H29N3O2S. The molecular weight excluding hydrogens is 370 g/mol. The largest absolute Gasteiger partial charge is 0.486 e. The number of aliphatic hydroxyl groups is 1. The van der Waals surface area contributed by atoms with Gasteiger partial charge in [-0.2, -0.15) is 0 Å². The van der Waals surface area contributed by atoms with Crippen LogP contribution >= 0.6 is 11.3 Å². The summed E-state index contributed by atoms with van der Waals surface area (Å²) in [6.07, 6.45) is 10.2. The molecule has 1 saturated heterocycles. The van der Waals surface area contributed by atoms with Crippen LogP contribution in [0.25, 0.3) is 0 Å². The number of thiazole rings is 1. The van der Waals surface area contributed by atoms with Crippen LogP contribution in [0.5, 0.6) is 5.75 Å². The number of rotatable bonds is 5. The number of hydrogen-bond donors (Lipinski definition) is 2. The summed E-state index contributed by atoms with van der Waals surface area (Å²) in [6.45, 7) is 2.20. The third kappa shape index (κ3) is 3.60. The molecule has 2 aromatic rings. The maximum atomic E-state index is 10.3. The number of aryl methyl sites for hydroxylation is 1. The quantitative estimate of drug-likeness (QED) is 0.726. The Bertz CT molecular complexity index is 827. The summed E-state index contributed by atoms with van der Waals surface area (Å²) in [4.78, 5) is 8.40. The Morgan fingerprint density at radius 2 is 1.93 bits per heavy atom. The number of aromatic nitrogens is 1. The molecule has 0 spiro atoms. The zero-order valence-electron chi connectivity index (χ0n) is 16.3. The number of aliphatic hydroxyl groups excluding tert-OH is 1. The summed E-state index contributed by atoms with van der Waals surface area (Å²) in [5.41, 5.74) is 3.07. The molecule has 1 unspecified atom stereocenters. The van der Waals surface area contributed by atoms with E-state index < -0.39 is 6.10 Å². The van der Waals surface area contributed by atoms with Gasteiger partial charge in [0, 0.05) is 18.0 Å². The van der Waals surface area contributed by atoms with Gasteiger partial charge in [0.05, 0.1) is 29.3 Å². The van der Waals surface area contributed by atoms with E-state index in [0.717, 1.165) is 67.5 Å². The maximum absolute atomic E-state index is 10.3. The lowest BCUT2D eigenvalue weighted by Crippen LogP contribution is -2.31. The van der Waals surface area contributed by atoms with Crippen molar-refractivity contribution in [3.05, 3.63) is 28.8 Å². The second-order valence-electron chi connectivity index (χ2n) is 8.23. The van der Waals surface area contributed by atoms with Crippen LogP contribution in [0.2, 0.25) is 0 Å². The fourth-order valence-electron chi connectivity index (χ4n) is 4.35. The van der Waals surface area contributed by atoms with Gasteiger partial charge in [-0.3, -0.25) is 0 Å². The van der Waals surface area contributed by atoms with Crippen molar-refractivity contribution >= 4 is 27.8 Å². The SMILES string of the molecule is OC1CCCc2sc(Nc3cccc(N4CCCCC4)c3OC3CCC3)nc21. The predicted molar refractivity (Wildman–Crippen MR) is 114 cm³/mol. The van der Waals surface area contributed by atoms with Gasteiger partial charge in [-0.15, -0.1) is 11.3 Å². The first kappa shape index (κ1) is 18.3. The zero-order valence-corrected chi connectivity index (χ0v) is 17.1. The molecule has 1 saturated carbocycles. The van der Waals surface area contributed by atoms with Crippen LogP contribution in [-0.2, 0) is 6.42 Å². The van der Waals surface area contributed by atoms with Crippen molar-refractivity contribution in [3.8, 4) is 5.75 Å². The minimum Gasteiger partial charge on any atom is -0.486 e. The van der Waals surface area contributed by atoms with Gasteiger partial charge in [-0.1, -0.05) is 6.07 Å². The molecule has 5 rings (SSSR count). The number of hydrogen-bond acceptors (Lipinski definition) is 6. The third-order valence-electron chi connectivity index (χ3n) is 6.19. The highest BCUT2D eigenvalue weighted by atomic mass is 32.1. The maximum Gasteiger partial charge on any atom is 0.187 e. The standard InChI is InChI=1S/C22H29N3O2S/c26-18-11-6-12-19-20(18)24-22(28-19)23-16-9-5-10-17(25-13-2-1-3-14-25)21(16)27-15-7-4-8-15/h5,9-10,15,18,26H,1-4,6-8,11-14H2,(H,23,24). The molecule has 1 aromatic heterocycles. The summed E-state index contributed by atoms with van der Waals surface area (Å²) in [6, 6.07) is 6.40. The minimum absolute atomic E-state index is 0.331. The normalized spacial score (nSPS) is 22.5. The summed E-state index contributed by atoms with van der Waals surface area (Å²) in [5.74, 6) is 0.975. The molecule has 2 heterocycles. The van der Waals surface area contributed by atoms with E-state index in [0.29, 0.717) is 6.10 Å². The Hall–Kier alpha value is -1.79. The monoisotopic (exact) mass is 399 g/mol. The predicted octanol–water partition coefficient (Wildman–Crippen LogP) is 5.18. The third-order valence-corrected chi connectivity index (χ3v) is 7.24. The lowest BCUT2D eigenvalue weighted by Gasteiger charge is -2.34. The molecule has 3 aliphatic rings. The second-order valence-corrected chi connectivity index (χ2v) is 9.32. The van der Waals surface area contributed by atoms with Gasteiger partial charge in [-0.05, 0) is 69.9 Å². The van der Waals surface area contributed by atoms with Gasteiger partial charge in [0.1, 0.15) is 0 Å². The van der Waals surface area contributed by atoms with E-state index >= 15 is 0 Å². The number of para-hydroxylation sites is 1. The van der Waals surface area contributed by atoms with Crippen LogP contribution in [-0.4, -0.2) is 29.3 Å². The second kappa shape index (κ2) is 7.91. The summed E-state index contributed by atoms with van der Waals surface area (Å²) in [7, 11) is 0. The van der Waals surface area contributed by atoms with Crippen molar-refractivity contribution in [2.45, 2.75) is 70.0 Å². The Morgan fingerprint density at radius 3 is 2.68 bits per heavy atom. The Kier molecular flexibility index (Phi) is 5.16. The van der Waals surface area contributed by atoms with Crippen LogP contribution in [0.4, 0.5) is 16.5 Å². The molecule has 2 aliphatic carbocycles. The van der Waals surface area contributed by atoms with E-state index in [9.17, 15) is 5.11 Å². The lowest BCUT2D eigenvalue weighted by atomic mass is 9.96. The van der Waals surface area contributed by atoms with E-state index in [1.165, 1.54) is 36.2 Å². The number of nitrogens with zero attached hydrogens (tertiary/aromatic N) is 2. The fourth-order valence-corrected chi connectivity index (χ4v) is 5.42. The molecule has 1 aromatic carbocycles. The zero-order chi connectivity index (χ0) is 18.9. The van der Waals surface area contributed by atoms with Gasteiger partial charge in [0.15, 0.2) is 10.9 Å². The Labute approximate surface area is 170 Å². The Morgan fingerprint density at radius 1 is 1.07 bits per heavy atom. The highest BCUT2D eigenvalue weighted by Gasteiger charge is 2.26. The molecule has 28 heavy (non-hydrogen) atoms.